The maximum Gasteiger partial charge on any atom is 0.472 e. The van der Waals surface area contributed by atoms with Crippen LogP contribution in [0.2, 0.25) is 0 Å². The Bertz CT molecular complexity index is 1340. The smallest absolute Gasteiger partial charge is 0.394 e. The lowest BCUT2D eigenvalue weighted by molar-refractivity contribution is -0.870. The Morgan fingerprint density at radius 1 is 0.500 bits per heavy atom. The molecular formula is C51H89NO9P+. The molecule has 1 aliphatic rings. The minimum absolute atomic E-state index is 0.00376. The standard InChI is InChI=1S/C51H88NO9P/c1-52(2,3)40-45-60-62(54,55)61-49-51-48-57-42-37-33-29-25-21-17-13-9-5-4-8-12-16-20-24-28-32-36-41-56-47-50(46-53)58-43-38-34-30-26-22-18-14-10-6-7-11-15-19-23-27-31-35-39-44-59-51/h50-51,53H,12-49H2,1-3H3/p+1. The van der Waals surface area contributed by atoms with Crippen LogP contribution in [0.5, 0.6) is 0 Å². The predicted octanol–water partition coefficient (Wildman–Crippen LogP) is 10.6. The zero-order chi connectivity index (χ0) is 44.9. The van der Waals surface area contributed by atoms with Gasteiger partial charge in [-0.2, -0.15) is 0 Å². The SMILES string of the molecule is C[N+](C)(C)CCOP(=O)(O)OCC1COCCCCCCCCC#CC#CCCCCCCCCOCC(CO)OCCCCCCCCC#CC#CCCCCCCCCO1. The summed E-state index contributed by atoms with van der Waals surface area (Å²) in [6.45, 7) is 4.02. The Morgan fingerprint density at radius 2 is 0.839 bits per heavy atom. The van der Waals surface area contributed by atoms with Gasteiger partial charge in [-0.05, 0) is 75.0 Å². The Balaban J connectivity index is 2.47. The summed E-state index contributed by atoms with van der Waals surface area (Å²) >= 11 is 0. The molecule has 11 heteroatoms. The zero-order valence-electron chi connectivity index (χ0n) is 39.7. The third kappa shape index (κ3) is 43.4. The van der Waals surface area contributed by atoms with E-state index in [1.54, 1.807) is 0 Å². The summed E-state index contributed by atoms with van der Waals surface area (Å²) in [5, 5.41) is 9.66. The second-order valence-corrected chi connectivity index (χ2v) is 19.1. The van der Waals surface area contributed by atoms with E-state index in [0.717, 1.165) is 135 Å². The molecule has 0 aromatic carbocycles. The highest BCUT2D eigenvalue weighted by molar-refractivity contribution is 7.47. The van der Waals surface area contributed by atoms with Crippen LogP contribution < -0.4 is 0 Å². The van der Waals surface area contributed by atoms with Crippen molar-refractivity contribution in [1.29, 1.82) is 0 Å². The van der Waals surface area contributed by atoms with Crippen LogP contribution in [0.1, 0.15) is 180 Å². The fraction of sp³-hybridized carbons (Fsp3) is 0.843. The third-order valence-corrected chi connectivity index (χ3v) is 11.5. The minimum atomic E-state index is -4.18. The number of rotatable bonds is 8. The number of phosphoric ester groups is 1. The first kappa shape index (κ1) is 58.1. The van der Waals surface area contributed by atoms with Crippen LogP contribution in [0.15, 0.2) is 0 Å². The van der Waals surface area contributed by atoms with Crippen LogP contribution >= 0.6 is 7.82 Å². The fourth-order valence-electron chi connectivity index (χ4n) is 6.59. The first-order valence-electron chi connectivity index (χ1n) is 24.5. The summed E-state index contributed by atoms with van der Waals surface area (Å²) in [6, 6.07) is 0. The number of ether oxygens (including phenoxy) is 4. The zero-order valence-corrected chi connectivity index (χ0v) is 40.6. The van der Waals surface area contributed by atoms with Crippen molar-refractivity contribution in [2.45, 2.75) is 192 Å². The summed E-state index contributed by atoms with van der Waals surface area (Å²) in [4.78, 5) is 10.2. The van der Waals surface area contributed by atoms with Gasteiger partial charge in [0.05, 0.1) is 47.6 Å². The molecule has 0 saturated heterocycles. The summed E-state index contributed by atoms with van der Waals surface area (Å²) in [5.41, 5.74) is 0. The second kappa shape index (κ2) is 43.0. The van der Waals surface area contributed by atoms with Crippen molar-refractivity contribution in [2.75, 3.05) is 87.1 Å². The highest BCUT2D eigenvalue weighted by Crippen LogP contribution is 2.43. The summed E-state index contributed by atoms with van der Waals surface area (Å²) in [5.74, 6) is 24.9. The summed E-state index contributed by atoms with van der Waals surface area (Å²) < 4.78 is 47.4. The van der Waals surface area contributed by atoms with E-state index in [0.29, 0.717) is 44.1 Å². The van der Waals surface area contributed by atoms with Gasteiger partial charge in [0.2, 0.25) is 0 Å². The lowest BCUT2D eigenvalue weighted by Gasteiger charge is -2.24. The molecule has 0 aromatic heterocycles. The maximum atomic E-state index is 12.5. The second-order valence-electron chi connectivity index (χ2n) is 17.6. The number of likely N-dealkylation sites (N-methyl/N-ethyl adjacent to an activating group) is 1. The largest absolute Gasteiger partial charge is 0.472 e. The van der Waals surface area contributed by atoms with Crippen molar-refractivity contribution in [3.8, 4) is 47.4 Å². The van der Waals surface area contributed by atoms with Crippen molar-refractivity contribution in [3.05, 3.63) is 0 Å². The molecular weight excluding hydrogens is 802 g/mol. The Morgan fingerprint density at radius 3 is 1.23 bits per heavy atom. The number of quaternary nitrogens is 1. The molecule has 0 bridgehead atoms. The molecule has 0 aliphatic carbocycles. The number of hydrogen-bond donors (Lipinski definition) is 2. The third-order valence-electron chi connectivity index (χ3n) is 10.5. The number of aliphatic hydroxyl groups is 1. The number of nitrogens with zero attached hydrogens (tertiary/aromatic N) is 1. The Kier molecular flexibility index (Phi) is 40.3. The normalized spacial score (nSPS) is 23.0. The van der Waals surface area contributed by atoms with Crippen molar-refractivity contribution < 1.29 is 47.0 Å². The topological polar surface area (TPSA) is 113 Å². The quantitative estimate of drug-likeness (QED) is 0.140. The van der Waals surface area contributed by atoms with Crippen LogP contribution in [-0.4, -0.2) is 114 Å². The average molecular weight is 891 g/mol. The minimum Gasteiger partial charge on any atom is -0.394 e. The van der Waals surface area contributed by atoms with Crippen LogP contribution in [0.25, 0.3) is 0 Å². The molecule has 0 fully saturated rings. The van der Waals surface area contributed by atoms with Crippen LogP contribution in [0.4, 0.5) is 0 Å². The molecule has 62 heavy (non-hydrogen) atoms. The van der Waals surface area contributed by atoms with E-state index in [2.05, 4.69) is 47.4 Å². The molecule has 356 valence electrons. The lowest BCUT2D eigenvalue weighted by atomic mass is 10.1. The van der Waals surface area contributed by atoms with Crippen molar-refractivity contribution in [1.82, 2.24) is 0 Å². The van der Waals surface area contributed by atoms with Crippen LogP contribution in [0.3, 0.4) is 0 Å². The van der Waals surface area contributed by atoms with Gasteiger partial charge in [0.25, 0.3) is 0 Å². The van der Waals surface area contributed by atoms with Gasteiger partial charge in [-0.25, -0.2) is 4.57 Å². The van der Waals surface area contributed by atoms with Gasteiger partial charge < -0.3 is 33.4 Å². The Hall–Kier alpha value is -1.89. The monoisotopic (exact) mass is 891 g/mol. The summed E-state index contributed by atoms with van der Waals surface area (Å²) in [7, 11) is 1.82. The van der Waals surface area contributed by atoms with Crippen LogP contribution in [0, 0.1) is 47.4 Å². The number of phosphoric acid groups is 1. The molecule has 0 saturated carbocycles. The van der Waals surface area contributed by atoms with Crippen molar-refractivity contribution in [2.24, 2.45) is 0 Å². The molecule has 1 aliphatic heterocycles. The molecule has 0 aromatic rings. The fourth-order valence-corrected chi connectivity index (χ4v) is 7.33. The van der Waals surface area contributed by atoms with Crippen molar-refractivity contribution >= 4 is 7.82 Å². The predicted molar refractivity (Wildman–Crippen MR) is 253 cm³/mol. The van der Waals surface area contributed by atoms with E-state index in [9.17, 15) is 14.6 Å². The number of aliphatic hydroxyl groups excluding tert-OH is 1. The van der Waals surface area contributed by atoms with E-state index in [4.69, 9.17) is 28.0 Å². The van der Waals surface area contributed by atoms with Gasteiger partial charge in [-0.1, -0.05) is 126 Å². The van der Waals surface area contributed by atoms with Gasteiger partial charge in [-0.3, -0.25) is 9.05 Å². The molecule has 3 unspecified atom stereocenters. The van der Waals surface area contributed by atoms with E-state index in [1.165, 1.54) is 51.4 Å². The van der Waals surface area contributed by atoms with Gasteiger partial charge in [-0.15, -0.1) is 0 Å². The Labute approximate surface area is 380 Å². The average Bonchev–Trinajstić information content (AvgIpc) is 3.24. The molecule has 0 amide bonds. The molecule has 0 spiro atoms. The van der Waals surface area contributed by atoms with Gasteiger partial charge >= 0.3 is 7.82 Å². The molecule has 1 heterocycles. The first-order valence-corrected chi connectivity index (χ1v) is 26.0. The van der Waals surface area contributed by atoms with Crippen LogP contribution in [-0.2, 0) is 32.6 Å². The van der Waals surface area contributed by atoms with E-state index >= 15 is 0 Å². The van der Waals surface area contributed by atoms with E-state index < -0.39 is 13.9 Å². The van der Waals surface area contributed by atoms with E-state index in [1.807, 2.05) is 21.1 Å². The molecule has 10 nitrogen and oxygen atoms in total. The summed E-state index contributed by atoms with van der Waals surface area (Å²) in [6.07, 6.45) is 30.0. The first-order chi connectivity index (χ1) is 30.2. The number of hydrogen-bond acceptors (Lipinski definition) is 8. The van der Waals surface area contributed by atoms with Gasteiger partial charge in [0.15, 0.2) is 0 Å². The van der Waals surface area contributed by atoms with E-state index in [-0.39, 0.29) is 25.9 Å². The van der Waals surface area contributed by atoms with Crippen molar-refractivity contribution in [3.63, 3.8) is 0 Å². The van der Waals surface area contributed by atoms with Gasteiger partial charge in [0, 0.05) is 52.1 Å². The highest BCUT2D eigenvalue weighted by atomic mass is 31.2. The van der Waals surface area contributed by atoms with Gasteiger partial charge in [0.1, 0.15) is 25.4 Å². The molecule has 2 N–H and O–H groups in total. The highest BCUT2D eigenvalue weighted by Gasteiger charge is 2.25. The molecule has 1 rings (SSSR count). The lowest BCUT2D eigenvalue weighted by Crippen LogP contribution is -2.37. The molecule has 3 atom stereocenters. The molecule has 0 radical (unpaired) electrons. The maximum absolute atomic E-state index is 12.5.